The number of hydrogen-bond donors (Lipinski definition) is 1. The standard InChI is InChI=1S/C22H21NO3/c1-2-25-19-14-12-18(13-15-19)23-22(24)20-10-6-7-11-21(20)26-16-17-8-4-3-5-9-17/h3-15H,2,16H2,1H3,(H,23,24). The van der Waals surface area contributed by atoms with E-state index in [1.165, 1.54) is 0 Å². The van der Waals surface area contributed by atoms with Gasteiger partial charge in [0.2, 0.25) is 0 Å². The van der Waals surface area contributed by atoms with Crippen LogP contribution in [0.25, 0.3) is 0 Å². The van der Waals surface area contributed by atoms with Crippen LogP contribution in [0.2, 0.25) is 0 Å². The van der Waals surface area contributed by atoms with Gasteiger partial charge in [-0.25, -0.2) is 0 Å². The third-order valence-corrected chi connectivity index (χ3v) is 3.79. The number of benzene rings is 3. The second-order valence-electron chi connectivity index (χ2n) is 5.68. The Bertz CT molecular complexity index is 845. The van der Waals surface area contributed by atoms with Crippen LogP contribution in [0.1, 0.15) is 22.8 Å². The van der Waals surface area contributed by atoms with E-state index in [-0.39, 0.29) is 5.91 Å². The molecule has 0 aromatic heterocycles. The van der Waals surface area contributed by atoms with Gasteiger partial charge < -0.3 is 14.8 Å². The zero-order valence-electron chi connectivity index (χ0n) is 14.6. The molecule has 0 fully saturated rings. The summed E-state index contributed by atoms with van der Waals surface area (Å²) in [5.41, 5.74) is 2.25. The fourth-order valence-corrected chi connectivity index (χ4v) is 2.52. The zero-order chi connectivity index (χ0) is 18.2. The first kappa shape index (κ1) is 17.5. The van der Waals surface area contributed by atoms with Gasteiger partial charge in [-0.1, -0.05) is 42.5 Å². The first-order chi connectivity index (χ1) is 12.8. The Hall–Kier alpha value is -3.27. The number of amides is 1. The SMILES string of the molecule is CCOc1ccc(NC(=O)c2ccccc2OCc2ccccc2)cc1. The molecule has 0 aliphatic heterocycles. The summed E-state index contributed by atoms with van der Waals surface area (Å²) in [5, 5.41) is 2.89. The van der Waals surface area contributed by atoms with Crippen LogP contribution in [-0.2, 0) is 6.61 Å². The third kappa shape index (κ3) is 4.63. The van der Waals surface area contributed by atoms with Crippen molar-refractivity contribution >= 4 is 11.6 Å². The summed E-state index contributed by atoms with van der Waals surface area (Å²) in [6.07, 6.45) is 0. The van der Waals surface area contributed by atoms with Crippen LogP contribution in [0.5, 0.6) is 11.5 Å². The largest absolute Gasteiger partial charge is 0.494 e. The van der Waals surface area contributed by atoms with Gasteiger partial charge in [-0.15, -0.1) is 0 Å². The molecule has 0 bridgehead atoms. The minimum atomic E-state index is -0.210. The molecule has 132 valence electrons. The average Bonchev–Trinajstić information content (AvgIpc) is 2.69. The van der Waals surface area contributed by atoms with Gasteiger partial charge in [0.05, 0.1) is 12.2 Å². The van der Waals surface area contributed by atoms with E-state index in [9.17, 15) is 4.79 Å². The van der Waals surface area contributed by atoms with Crippen LogP contribution in [0.3, 0.4) is 0 Å². The molecule has 3 rings (SSSR count). The number of carbonyl (C=O) groups excluding carboxylic acids is 1. The highest BCUT2D eigenvalue weighted by Gasteiger charge is 2.12. The summed E-state index contributed by atoms with van der Waals surface area (Å²) in [6, 6.07) is 24.4. The lowest BCUT2D eigenvalue weighted by Crippen LogP contribution is -2.13. The molecular formula is C22H21NO3. The second-order valence-corrected chi connectivity index (χ2v) is 5.68. The number of carbonyl (C=O) groups is 1. The van der Waals surface area contributed by atoms with E-state index in [1.807, 2.05) is 73.7 Å². The third-order valence-electron chi connectivity index (χ3n) is 3.79. The van der Waals surface area contributed by atoms with Crippen LogP contribution in [0.4, 0.5) is 5.69 Å². The van der Waals surface area contributed by atoms with Gasteiger partial charge in [0.1, 0.15) is 18.1 Å². The normalized spacial score (nSPS) is 10.2. The van der Waals surface area contributed by atoms with Crippen molar-refractivity contribution in [3.8, 4) is 11.5 Å². The quantitative estimate of drug-likeness (QED) is 0.660. The highest BCUT2D eigenvalue weighted by atomic mass is 16.5. The smallest absolute Gasteiger partial charge is 0.259 e. The number of nitrogens with one attached hydrogen (secondary N) is 1. The van der Waals surface area contributed by atoms with Gasteiger partial charge in [0.15, 0.2) is 0 Å². The van der Waals surface area contributed by atoms with Crippen LogP contribution < -0.4 is 14.8 Å². The van der Waals surface area contributed by atoms with E-state index >= 15 is 0 Å². The molecule has 1 N–H and O–H groups in total. The Morgan fingerprint density at radius 2 is 1.54 bits per heavy atom. The molecule has 0 heterocycles. The van der Waals surface area contributed by atoms with Gasteiger partial charge in [0.25, 0.3) is 5.91 Å². The maximum absolute atomic E-state index is 12.6. The molecule has 26 heavy (non-hydrogen) atoms. The van der Waals surface area contributed by atoms with Crippen molar-refractivity contribution in [2.75, 3.05) is 11.9 Å². The Labute approximate surface area is 153 Å². The van der Waals surface area contributed by atoms with Gasteiger partial charge >= 0.3 is 0 Å². The Morgan fingerprint density at radius 1 is 0.846 bits per heavy atom. The van der Waals surface area contributed by atoms with Crippen molar-refractivity contribution in [3.05, 3.63) is 90.0 Å². The molecule has 0 aliphatic carbocycles. The molecule has 4 heteroatoms. The minimum absolute atomic E-state index is 0.210. The molecule has 1 amide bonds. The molecule has 3 aromatic rings. The molecular weight excluding hydrogens is 326 g/mol. The van der Waals surface area contributed by atoms with E-state index in [1.54, 1.807) is 12.1 Å². The summed E-state index contributed by atoms with van der Waals surface area (Å²) >= 11 is 0. The molecule has 0 aliphatic rings. The van der Waals surface area contributed by atoms with Crippen LogP contribution in [-0.4, -0.2) is 12.5 Å². The number of anilines is 1. The topological polar surface area (TPSA) is 47.6 Å². The average molecular weight is 347 g/mol. The van der Waals surface area contributed by atoms with Gasteiger partial charge in [0, 0.05) is 5.69 Å². The van der Waals surface area contributed by atoms with E-state index < -0.39 is 0 Å². The zero-order valence-corrected chi connectivity index (χ0v) is 14.6. The first-order valence-electron chi connectivity index (χ1n) is 8.56. The highest BCUT2D eigenvalue weighted by Crippen LogP contribution is 2.22. The lowest BCUT2D eigenvalue weighted by atomic mass is 10.1. The summed E-state index contributed by atoms with van der Waals surface area (Å²) in [6.45, 7) is 2.95. The fraction of sp³-hybridized carbons (Fsp3) is 0.136. The predicted octanol–water partition coefficient (Wildman–Crippen LogP) is 4.92. The maximum atomic E-state index is 12.6. The van der Waals surface area contributed by atoms with Crippen molar-refractivity contribution in [2.45, 2.75) is 13.5 Å². The highest BCUT2D eigenvalue weighted by molar-refractivity contribution is 6.06. The fourth-order valence-electron chi connectivity index (χ4n) is 2.52. The van der Waals surface area contributed by atoms with Crippen molar-refractivity contribution in [2.24, 2.45) is 0 Å². The summed E-state index contributed by atoms with van der Waals surface area (Å²) in [4.78, 5) is 12.6. The predicted molar refractivity (Wildman–Crippen MR) is 103 cm³/mol. The maximum Gasteiger partial charge on any atom is 0.259 e. The molecule has 0 radical (unpaired) electrons. The van der Waals surface area contributed by atoms with Crippen molar-refractivity contribution in [1.82, 2.24) is 0 Å². The minimum Gasteiger partial charge on any atom is -0.494 e. The molecule has 0 saturated heterocycles. The summed E-state index contributed by atoms with van der Waals surface area (Å²) in [7, 11) is 0. The summed E-state index contributed by atoms with van der Waals surface area (Å²) < 4.78 is 11.3. The van der Waals surface area contributed by atoms with E-state index in [0.717, 1.165) is 11.3 Å². The summed E-state index contributed by atoms with van der Waals surface area (Å²) in [5.74, 6) is 1.12. The Balaban J connectivity index is 1.69. The molecule has 0 unspecified atom stereocenters. The van der Waals surface area contributed by atoms with Gasteiger partial charge in [-0.2, -0.15) is 0 Å². The van der Waals surface area contributed by atoms with Crippen LogP contribution >= 0.6 is 0 Å². The lowest BCUT2D eigenvalue weighted by Gasteiger charge is -2.12. The lowest BCUT2D eigenvalue weighted by molar-refractivity contribution is 0.102. The molecule has 4 nitrogen and oxygen atoms in total. The van der Waals surface area contributed by atoms with Crippen LogP contribution in [0.15, 0.2) is 78.9 Å². The van der Waals surface area contributed by atoms with Crippen molar-refractivity contribution in [1.29, 1.82) is 0 Å². The monoisotopic (exact) mass is 347 g/mol. The first-order valence-corrected chi connectivity index (χ1v) is 8.56. The molecule has 0 saturated carbocycles. The van der Waals surface area contributed by atoms with E-state index in [2.05, 4.69) is 5.32 Å². The number of para-hydroxylation sites is 1. The number of rotatable bonds is 7. The Morgan fingerprint density at radius 3 is 2.27 bits per heavy atom. The Kier molecular flexibility index (Phi) is 5.88. The number of ether oxygens (including phenoxy) is 2. The van der Waals surface area contributed by atoms with E-state index in [4.69, 9.17) is 9.47 Å². The van der Waals surface area contributed by atoms with Crippen LogP contribution in [0, 0.1) is 0 Å². The second kappa shape index (κ2) is 8.72. The van der Waals surface area contributed by atoms with Gasteiger partial charge in [-0.05, 0) is 48.9 Å². The van der Waals surface area contributed by atoms with Crippen molar-refractivity contribution < 1.29 is 14.3 Å². The molecule has 3 aromatic carbocycles. The molecule has 0 atom stereocenters. The van der Waals surface area contributed by atoms with E-state index in [0.29, 0.717) is 30.2 Å². The van der Waals surface area contributed by atoms with Crippen molar-refractivity contribution in [3.63, 3.8) is 0 Å². The molecule has 0 spiro atoms. The number of hydrogen-bond acceptors (Lipinski definition) is 3. The van der Waals surface area contributed by atoms with Gasteiger partial charge in [-0.3, -0.25) is 4.79 Å².